The van der Waals surface area contributed by atoms with Crippen LogP contribution in [0, 0.1) is 6.92 Å². The molecule has 0 saturated carbocycles. The number of hydrogen-bond acceptors (Lipinski definition) is 4. The van der Waals surface area contributed by atoms with Gasteiger partial charge >= 0.3 is 5.97 Å². The molecule has 1 aromatic heterocycles. The van der Waals surface area contributed by atoms with Crippen LogP contribution in [0.5, 0.6) is 0 Å². The van der Waals surface area contributed by atoms with Crippen molar-refractivity contribution in [1.29, 1.82) is 0 Å². The smallest absolute Gasteiger partial charge is 0.330 e. The summed E-state index contributed by atoms with van der Waals surface area (Å²) in [6.45, 7) is 1.87. The fourth-order valence-electron chi connectivity index (χ4n) is 1.48. The summed E-state index contributed by atoms with van der Waals surface area (Å²) in [4.78, 5) is 15.4. The molecule has 2 N–H and O–H groups in total. The molecule has 2 aromatic rings. The molecule has 1 atom stereocenters. The number of hydrogen-bond donors (Lipinski definition) is 2. The van der Waals surface area contributed by atoms with Crippen molar-refractivity contribution < 1.29 is 9.90 Å². The Morgan fingerprint density at radius 2 is 2.12 bits per heavy atom. The highest BCUT2D eigenvalue weighted by Crippen LogP contribution is 2.22. The fraction of sp³-hybridized carbons (Fsp3) is 0.167. The van der Waals surface area contributed by atoms with Gasteiger partial charge in [-0.2, -0.15) is 0 Å². The van der Waals surface area contributed by atoms with Crippen LogP contribution in [0.1, 0.15) is 17.3 Å². The molecule has 0 bridgehead atoms. The average molecular weight is 248 g/mol. The second-order valence-electron chi connectivity index (χ2n) is 3.62. The Hall–Kier alpha value is -1.88. The fourth-order valence-corrected chi connectivity index (χ4v) is 2.19. The predicted octanol–water partition coefficient (Wildman–Crippen LogP) is 2.69. The van der Waals surface area contributed by atoms with Crippen LogP contribution >= 0.6 is 11.3 Å². The molecule has 1 aromatic carbocycles. The Bertz CT molecular complexity index is 510. The first kappa shape index (κ1) is 11.6. The van der Waals surface area contributed by atoms with Crippen molar-refractivity contribution in [3.05, 3.63) is 47.0 Å². The SMILES string of the molecule is Cc1csc(NC(C(=O)O)c2ccccc2)n1. The summed E-state index contributed by atoms with van der Waals surface area (Å²) >= 11 is 1.40. The number of thiazole rings is 1. The van der Waals surface area contributed by atoms with Crippen LogP contribution in [0.2, 0.25) is 0 Å². The van der Waals surface area contributed by atoms with Crippen molar-refractivity contribution in [2.75, 3.05) is 5.32 Å². The third kappa shape index (κ3) is 2.82. The second kappa shape index (κ2) is 4.97. The minimum Gasteiger partial charge on any atom is -0.479 e. The number of aliphatic carboxylic acids is 1. The molecule has 4 nitrogen and oxygen atoms in total. The van der Waals surface area contributed by atoms with Crippen LogP contribution in [0.25, 0.3) is 0 Å². The normalized spacial score (nSPS) is 12.1. The first-order valence-electron chi connectivity index (χ1n) is 5.13. The monoisotopic (exact) mass is 248 g/mol. The van der Waals surface area contributed by atoms with Crippen LogP contribution < -0.4 is 5.32 Å². The highest BCUT2D eigenvalue weighted by molar-refractivity contribution is 7.13. The number of carbonyl (C=O) groups is 1. The molecule has 88 valence electrons. The van der Waals surface area contributed by atoms with Crippen LogP contribution in [0.15, 0.2) is 35.7 Å². The van der Waals surface area contributed by atoms with E-state index in [1.807, 2.05) is 30.5 Å². The molecule has 0 amide bonds. The van der Waals surface area contributed by atoms with Gasteiger partial charge in [0.25, 0.3) is 0 Å². The van der Waals surface area contributed by atoms with E-state index in [1.54, 1.807) is 12.1 Å². The number of carboxylic acid groups (broad SMARTS) is 1. The Morgan fingerprint density at radius 1 is 1.41 bits per heavy atom. The molecular weight excluding hydrogens is 236 g/mol. The number of aryl methyl sites for hydroxylation is 1. The van der Waals surface area contributed by atoms with Gasteiger partial charge < -0.3 is 10.4 Å². The van der Waals surface area contributed by atoms with E-state index in [9.17, 15) is 9.90 Å². The van der Waals surface area contributed by atoms with E-state index in [0.29, 0.717) is 10.7 Å². The topological polar surface area (TPSA) is 62.2 Å². The van der Waals surface area contributed by atoms with Crippen molar-refractivity contribution >= 4 is 22.4 Å². The largest absolute Gasteiger partial charge is 0.479 e. The van der Waals surface area contributed by atoms with E-state index in [0.717, 1.165) is 5.69 Å². The lowest BCUT2D eigenvalue weighted by molar-refractivity contribution is -0.138. The van der Waals surface area contributed by atoms with Crippen LogP contribution in [-0.2, 0) is 4.79 Å². The van der Waals surface area contributed by atoms with Crippen LogP contribution in [0.4, 0.5) is 5.13 Å². The molecule has 0 spiro atoms. The zero-order valence-electron chi connectivity index (χ0n) is 9.25. The van der Waals surface area contributed by atoms with Crippen LogP contribution in [-0.4, -0.2) is 16.1 Å². The van der Waals surface area contributed by atoms with Gasteiger partial charge in [-0.05, 0) is 12.5 Å². The number of rotatable bonds is 4. The molecule has 0 aliphatic carbocycles. The maximum atomic E-state index is 11.2. The minimum atomic E-state index is -0.913. The number of aromatic nitrogens is 1. The third-order valence-electron chi connectivity index (χ3n) is 2.27. The summed E-state index contributed by atoms with van der Waals surface area (Å²) in [7, 11) is 0. The summed E-state index contributed by atoms with van der Waals surface area (Å²) in [6, 6.07) is 8.30. The van der Waals surface area contributed by atoms with Crippen molar-refractivity contribution in [3.8, 4) is 0 Å². The number of nitrogens with one attached hydrogen (secondary N) is 1. The van der Waals surface area contributed by atoms with Gasteiger partial charge in [0.2, 0.25) is 0 Å². The van der Waals surface area contributed by atoms with E-state index >= 15 is 0 Å². The second-order valence-corrected chi connectivity index (χ2v) is 4.48. The Labute approximate surface area is 103 Å². The molecule has 0 aliphatic heterocycles. The maximum absolute atomic E-state index is 11.2. The molecule has 0 radical (unpaired) electrons. The highest BCUT2D eigenvalue weighted by Gasteiger charge is 2.20. The predicted molar refractivity (Wildman–Crippen MR) is 67.3 cm³/mol. The summed E-state index contributed by atoms with van der Waals surface area (Å²) in [6.07, 6.45) is 0. The van der Waals surface area contributed by atoms with E-state index in [4.69, 9.17) is 0 Å². The zero-order valence-corrected chi connectivity index (χ0v) is 10.1. The van der Waals surface area contributed by atoms with Gasteiger partial charge in [-0.1, -0.05) is 30.3 Å². The number of carboxylic acids is 1. The van der Waals surface area contributed by atoms with Gasteiger partial charge in [-0.15, -0.1) is 11.3 Å². The zero-order chi connectivity index (χ0) is 12.3. The molecular formula is C12H12N2O2S. The van der Waals surface area contributed by atoms with Gasteiger partial charge in [0.1, 0.15) is 0 Å². The van der Waals surface area contributed by atoms with E-state index in [2.05, 4.69) is 10.3 Å². The summed E-state index contributed by atoms with van der Waals surface area (Å²) in [5.41, 5.74) is 1.60. The first-order chi connectivity index (χ1) is 8.16. The lowest BCUT2D eigenvalue weighted by Crippen LogP contribution is -2.20. The lowest BCUT2D eigenvalue weighted by atomic mass is 10.1. The molecule has 1 heterocycles. The Kier molecular flexibility index (Phi) is 3.39. The van der Waals surface area contributed by atoms with Crippen molar-refractivity contribution in [2.45, 2.75) is 13.0 Å². The Morgan fingerprint density at radius 3 is 2.65 bits per heavy atom. The number of nitrogens with zero attached hydrogens (tertiary/aromatic N) is 1. The summed E-state index contributed by atoms with van der Waals surface area (Å²) < 4.78 is 0. The van der Waals surface area contributed by atoms with Crippen molar-refractivity contribution in [1.82, 2.24) is 4.98 Å². The molecule has 17 heavy (non-hydrogen) atoms. The summed E-state index contributed by atoms with van der Waals surface area (Å²) in [5, 5.41) is 14.6. The molecule has 1 unspecified atom stereocenters. The van der Waals surface area contributed by atoms with Crippen molar-refractivity contribution in [2.24, 2.45) is 0 Å². The quantitative estimate of drug-likeness (QED) is 0.873. The van der Waals surface area contributed by atoms with Gasteiger partial charge in [0.15, 0.2) is 11.2 Å². The van der Waals surface area contributed by atoms with Gasteiger partial charge in [-0.3, -0.25) is 0 Å². The van der Waals surface area contributed by atoms with Gasteiger partial charge in [0, 0.05) is 5.38 Å². The minimum absolute atomic E-state index is 0.624. The third-order valence-corrected chi connectivity index (χ3v) is 3.16. The first-order valence-corrected chi connectivity index (χ1v) is 6.01. The Balaban J connectivity index is 2.22. The highest BCUT2D eigenvalue weighted by atomic mass is 32.1. The number of anilines is 1. The summed E-state index contributed by atoms with van der Waals surface area (Å²) in [5.74, 6) is -0.913. The molecule has 5 heteroatoms. The van der Waals surface area contributed by atoms with Gasteiger partial charge in [0.05, 0.1) is 5.69 Å². The average Bonchev–Trinajstić information content (AvgIpc) is 2.73. The molecule has 0 fully saturated rings. The standard InChI is InChI=1S/C12H12N2O2S/c1-8-7-17-12(13-8)14-10(11(15)16)9-5-3-2-4-6-9/h2-7,10H,1H3,(H,13,14)(H,15,16). The van der Waals surface area contributed by atoms with E-state index in [-0.39, 0.29) is 0 Å². The number of benzene rings is 1. The maximum Gasteiger partial charge on any atom is 0.330 e. The lowest BCUT2D eigenvalue weighted by Gasteiger charge is -2.13. The van der Waals surface area contributed by atoms with E-state index < -0.39 is 12.0 Å². The van der Waals surface area contributed by atoms with Gasteiger partial charge in [-0.25, -0.2) is 9.78 Å². The van der Waals surface area contributed by atoms with Crippen LogP contribution in [0.3, 0.4) is 0 Å². The van der Waals surface area contributed by atoms with E-state index in [1.165, 1.54) is 11.3 Å². The molecule has 0 saturated heterocycles. The molecule has 2 rings (SSSR count). The molecule has 0 aliphatic rings. The van der Waals surface area contributed by atoms with Crippen molar-refractivity contribution in [3.63, 3.8) is 0 Å².